The number of nitrogens with two attached hydrogens (primary N) is 1. The molecule has 11 heteroatoms. The first-order valence-corrected chi connectivity index (χ1v) is 10.2. The van der Waals surface area contributed by atoms with Crippen LogP contribution in [0.3, 0.4) is 0 Å². The maximum Gasteiger partial charge on any atom is 0.423 e. The molecule has 1 amide bonds. The number of rotatable bonds is 6. The minimum absolute atomic E-state index is 0.00834. The number of aliphatic hydroxyl groups is 3. The van der Waals surface area contributed by atoms with Gasteiger partial charge in [0.15, 0.2) is 11.5 Å². The summed E-state index contributed by atoms with van der Waals surface area (Å²) in [7, 11) is 0. The van der Waals surface area contributed by atoms with Crippen molar-refractivity contribution in [3.63, 3.8) is 0 Å². The van der Waals surface area contributed by atoms with Gasteiger partial charge >= 0.3 is 6.18 Å². The Morgan fingerprint density at radius 1 is 1.30 bits per heavy atom. The number of hydrogen-bond donors (Lipinski definition) is 5. The van der Waals surface area contributed by atoms with Crippen LogP contribution >= 0.6 is 0 Å². The summed E-state index contributed by atoms with van der Waals surface area (Å²) in [5.41, 5.74) is -0.726. The summed E-state index contributed by atoms with van der Waals surface area (Å²) in [6.45, 7) is -4.49. The fraction of sp³-hybridized carbons (Fsp3) is 0.500. The Kier molecular flexibility index (Phi) is 4.56. The second-order valence-electron chi connectivity index (χ2n) is 9.01. The average Bonchev–Trinajstić information content (AvgIpc) is 3.32. The summed E-state index contributed by atoms with van der Waals surface area (Å²) in [5, 5.41) is 31.9. The summed E-state index contributed by atoms with van der Waals surface area (Å²) >= 11 is 0. The van der Waals surface area contributed by atoms with Gasteiger partial charge in [0.25, 0.3) is 5.91 Å². The van der Waals surface area contributed by atoms with Crippen LogP contribution in [-0.4, -0.2) is 56.1 Å². The highest BCUT2D eigenvalue weighted by molar-refractivity contribution is 5.97. The molecular weight excluding hydrogens is 441 g/mol. The number of aromatic nitrogens is 2. The van der Waals surface area contributed by atoms with Crippen LogP contribution in [0.25, 0.3) is 11.3 Å². The molecule has 0 radical (unpaired) electrons. The highest BCUT2D eigenvalue weighted by Crippen LogP contribution is 2.61. The van der Waals surface area contributed by atoms with E-state index in [4.69, 9.17) is 9.85 Å². The minimum Gasteiger partial charge on any atom is -0.396 e. The molecule has 1 aromatic carbocycles. The number of anilines is 1. The zero-order valence-electron chi connectivity index (χ0n) is 20.4. The van der Waals surface area contributed by atoms with Crippen LogP contribution in [0.2, 0.25) is 0 Å². The molecule has 3 fully saturated rings. The molecule has 0 saturated heterocycles. The van der Waals surface area contributed by atoms with Crippen LogP contribution in [-0.2, 0) is 5.60 Å². The maximum absolute atomic E-state index is 13.5. The average molecular weight is 469 g/mol. The van der Waals surface area contributed by atoms with Crippen LogP contribution in [0.15, 0.2) is 24.4 Å². The smallest absolute Gasteiger partial charge is 0.396 e. The van der Waals surface area contributed by atoms with Gasteiger partial charge in [0.2, 0.25) is 5.60 Å². The molecule has 2 aromatic rings. The van der Waals surface area contributed by atoms with Crippen LogP contribution < -0.4 is 11.1 Å². The van der Waals surface area contributed by atoms with Crippen molar-refractivity contribution in [3.05, 3.63) is 41.2 Å². The van der Waals surface area contributed by atoms with Crippen molar-refractivity contribution in [1.82, 2.24) is 15.3 Å². The topological polar surface area (TPSA) is 142 Å². The zero-order chi connectivity index (χ0) is 26.7. The van der Waals surface area contributed by atoms with Crippen molar-refractivity contribution in [3.8, 4) is 11.3 Å². The Labute approximate surface area is 191 Å². The number of carbonyl (C=O) groups is 1. The Morgan fingerprint density at radius 3 is 2.61 bits per heavy atom. The zero-order valence-corrected chi connectivity index (χ0v) is 17.4. The van der Waals surface area contributed by atoms with Gasteiger partial charge < -0.3 is 26.4 Å². The number of halogens is 3. The second-order valence-corrected chi connectivity index (χ2v) is 9.01. The van der Waals surface area contributed by atoms with Crippen molar-refractivity contribution < 1.29 is 37.4 Å². The molecule has 1 atom stereocenters. The summed E-state index contributed by atoms with van der Waals surface area (Å²) in [6, 6.07) is 2.39. The van der Waals surface area contributed by atoms with Gasteiger partial charge in [0, 0.05) is 21.8 Å². The first kappa shape index (κ1) is 19.7. The summed E-state index contributed by atoms with van der Waals surface area (Å²) in [4.78, 5) is 21.1. The van der Waals surface area contributed by atoms with Gasteiger partial charge in [-0.1, -0.05) is 12.1 Å². The van der Waals surface area contributed by atoms with E-state index in [2.05, 4.69) is 15.3 Å². The maximum atomic E-state index is 13.5. The van der Waals surface area contributed by atoms with E-state index in [0.717, 1.165) is 30.8 Å². The molecular formula is C22H25F3N4O4. The van der Waals surface area contributed by atoms with Crippen molar-refractivity contribution >= 4 is 11.7 Å². The largest absolute Gasteiger partial charge is 0.423 e. The van der Waals surface area contributed by atoms with Crippen LogP contribution in [0, 0.1) is 12.3 Å². The number of nitrogen functional groups attached to an aromatic ring is 1. The number of aliphatic hydroxyl groups excluding tert-OH is 2. The molecule has 33 heavy (non-hydrogen) atoms. The molecule has 3 aliphatic rings. The molecule has 5 rings (SSSR count). The highest BCUT2D eigenvalue weighted by atomic mass is 19.4. The molecule has 3 saturated carbocycles. The quantitative estimate of drug-likeness (QED) is 0.434. The molecule has 6 N–H and O–H groups in total. The molecule has 178 valence electrons. The van der Waals surface area contributed by atoms with Gasteiger partial charge in [0.1, 0.15) is 0 Å². The van der Waals surface area contributed by atoms with E-state index in [1.807, 2.05) is 0 Å². The summed E-state index contributed by atoms with van der Waals surface area (Å²) < 4.78 is 63.9. The normalized spacial score (nSPS) is 27.6. The van der Waals surface area contributed by atoms with E-state index >= 15 is 0 Å². The number of fused-ring (bicyclic) bond motifs is 1. The van der Waals surface area contributed by atoms with Gasteiger partial charge in [-0.25, -0.2) is 9.97 Å². The SMILES string of the molecule is [2H]C([2H])([2H])c1ccc([C@](O)(CO)C(F)(F)F)cc1-c1cnc(N)c(C(=O)NC23CCC(CO)(C2)C3)n1. The number of aryl methyl sites for hydroxylation is 1. The summed E-state index contributed by atoms with van der Waals surface area (Å²) in [5.74, 6) is -0.962. The Hall–Kier alpha value is -2.76. The van der Waals surface area contributed by atoms with Crippen molar-refractivity contribution in [2.24, 2.45) is 5.41 Å². The lowest BCUT2D eigenvalue weighted by Crippen LogP contribution is -2.56. The van der Waals surface area contributed by atoms with E-state index in [-0.39, 0.29) is 34.8 Å². The molecule has 1 heterocycles. The van der Waals surface area contributed by atoms with E-state index < -0.39 is 47.8 Å². The highest BCUT2D eigenvalue weighted by Gasteiger charge is 2.61. The Balaban J connectivity index is 1.75. The number of nitrogens with zero attached hydrogens (tertiary/aromatic N) is 2. The number of nitrogens with one attached hydrogen (secondary N) is 1. The van der Waals surface area contributed by atoms with Crippen molar-refractivity contribution in [1.29, 1.82) is 0 Å². The molecule has 8 nitrogen and oxygen atoms in total. The molecule has 1 aromatic heterocycles. The van der Waals surface area contributed by atoms with Gasteiger partial charge in [-0.2, -0.15) is 13.2 Å². The predicted octanol–water partition coefficient (Wildman–Crippen LogP) is 1.81. The Bertz CT molecular complexity index is 1200. The number of amides is 1. The second kappa shape index (κ2) is 7.64. The predicted molar refractivity (Wildman–Crippen MR) is 112 cm³/mol. The third-order valence-electron chi connectivity index (χ3n) is 6.76. The molecule has 0 aliphatic heterocycles. The van der Waals surface area contributed by atoms with Gasteiger partial charge in [-0.05, 0) is 55.1 Å². The van der Waals surface area contributed by atoms with Gasteiger partial charge in [-0.3, -0.25) is 4.79 Å². The fourth-order valence-corrected chi connectivity index (χ4v) is 4.94. The van der Waals surface area contributed by atoms with Crippen LogP contribution in [0.1, 0.15) is 51.4 Å². The third-order valence-corrected chi connectivity index (χ3v) is 6.76. The van der Waals surface area contributed by atoms with Crippen molar-refractivity contribution in [2.75, 3.05) is 18.9 Å². The molecule has 3 aliphatic carbocycles. The lowest BCUT2D eigenvalue weighted by atomic mass is 9.65. The number of benzene rings is 1. The number of hydrogen-bond acceptors (Lipinski definition) is 7. The fourth-order valence-electron chi connectivity index (χ4n) is 4.94. The first-order valence-electron chi connectivity index (χ1n) is 11.7. The minimum atomic E-state index is -5.27. The van der Waals surface area contributed by atoms with Crippen LogP contribution in [0.4, 0.5) is 19.0 Å². The lowest BCUT2D eigenvalue weighted by Gasteiger charge is -2.46. The summed E-state index contributed by atoms with van der Waals surface area (Å²) in [6.07, 6.45) is -1.71. The monoisotopic (exact) mass is 469 g/mol. The van der Waals surface area contributed by atoms with Gasteiger partial charge in [-0.15, -0.1) is 0 Å². The number of carbonyl (C=O) groups excluding carboxylic acids is 1. The first-order chi connectivity index (χ1) is 16.6. The Morgan fingerprint density at radius 2 is 2.03 bits per heavy atom. The van der Waals surface area contributed by atoms with E-state index in [1.165, 1.54) is 0 Å². The van der Waals surface area contributed by atoms with E-state index in [1.54, 1.807) is 0 Å². The van der Waals surface area contributed by atoms with Crippen LogP contribution in [0.5, 0.6) is 0 Å². The molecule has 0 unspecified atom stereocenters. The van der Waals surface area contributed by atoms with E-state index in [9.17, 15) is 33.3 Å². The molecule has 0 spiro atoms. The van der Waals surface area contributed by atoms with E-state index in [0.29, 0.717) is 19.3 Å². The standard InChI is InChI=1S/C22H25F3N4O4/c1-12-2-3-13(21(33,11-31)22(23,24)25)6-14(12)15-7-27-17(26)16(28-15)18(32)29-20-5-4-19(8-20,9-20)10-30/h2-3,6-7,30-31,33H,4-5,8-11H2,1H3,(H2,26,27)(H,29,32)/t19?,20?,21-/m1/s1/i1D3. The molecule has 2 bridgehead atoms. The number of alkyl halides is 3. The van der Waals surface area contributed by atoms with Crippen molar-refractivity contribution in [2.45, 2.75) is 49.9 Å². The third kappa shape index (κ3) is 3.73. The van der Waals surface area contributed by atoms with Gasteiger partial charge in [0.05, 0.1) is 18.5 Å². The lowest BCUT2D eigenvalue weighted by molar-refractivity contribution is -0.277.